The molecule has 0 aromatic heterocycles. The number of benzene rings is 3. The summed E-state index contributed by atoms with van der Waals surface area (Å²) in [6.45, 7) is 0.0729. The van der Waals surface area contributed by atoms with E-state index in [1.54, 1.807) is 18.2 Å². The number of carboxylic acid groups (broad SMARTS) is 1. The number of rotatable bonds is 8. The average molecular weight is 471 g/mol. The number of nitrogens with two attached hydrogens (primary N) is 1. The number of halogens is 1. The molecule has 0 radical (unpaired) electrons. The molecular weight excluding hydrogens is 447 g/mol. The number of carbonyl (C=O) groups is 1. The zero-order chi connectivity index (χ0) is 23.6. The van der Waals surface area contributed by atoms with E-state index in [4.69, 9.17) is 15.6 Å². The Bertz CT molecular complexity index is 1260. The number of nitrogens with zero attached hydrogens (tertiary/aromatic N) is 1. The van der Waals surface area contributed by atoms with E-state index in [2.05, 4.69) is 0 Å². The van der Waals surface area contributed by atoms with Crippen molar-refractivity contribution in [2.24, 2.45) is 5.73 Å². The Labute approximate surface area is 191 Å². The van der Waals surface area contributed by atoms with E-state index in [1.165, 1.54) is 34.6 Å². The fourth-order valence-electron chi connectivity index (χ4n) is 3.82. The Morgan fingerprint density at radius 2 is 1.76 bits per heavy atom. The summed E-state index contributed by atoms with van der Waals surface area (Å²) >= 11 is 0. The fraction of sp³-hybridized carbons (Fsp3) is 0.208. The van der Waals surface area contributed by atoms with Gasteiger partial charge in [0.25, 0.3) is 0 Å². The Morgan fingerprint density at radius 3 is 2.42 bits per heavy atom. The summed E-state index contributed by atoms with van der Waals surface area (Å²) in [7, 11) is -3.87. The highest BCUT2D eigenvalue weighted by Crippen LogP contribution is 2.40. The minimum Gasteiger partial charge on any atom is -0.480 e. The number of hydrogen-bond acceptors (Lipinski definition) is 5. The molecule has 1 unspecified atom stereocenters. The number of carboxylic acids is 1. The first-order valence-corrected chi connectivity index (χ1v) is 11.7. The van der Waals surface area contributed by atoms with Gasteiger partial charge < -0.3 is 15.6 Å². The van der Waals surface area contributed by atoms with Crippen LogP contribution in [-0.2, 0) is 26.8 Å². The predicted octanol–water partition coefficient (Wildman–Crippen LogP) is 2.76. The Balaban J connectivity index is 1.59. The largest absolute Gasteiger partial charge is 0.480 e. The van der Waals surface area contributed by atoms with Crippen LogP contribution in [0.4, 0.5) is 4.39 Å². The molecule has 1 fully saturated rings. The van der Waals surface area contributed by atoms with Crippen LogP contribution >= 0.6 is 0 Å². The molecule has 1 saturated heterocycles. The first-order chi connectivity index (χ1) is 15.7. The quantitative estimate of drug-likeness (QED) is 0.524. The standard InChI is InChI=1S/C24H23FN2O5S/c25-19-9-5-10-20(14-19)32-24(18-7-2-1-3-8-18)15-27(16-24)33(30,31)21-11-4-6-17(12-21)13-22(26)23(28)29/h1-12,14,22H,13,15-16,26H2,(H,28,29). The second-order valence-corrected chi connectivity index (χ2v) is 9.93. The van der Waals surface area contributed by atoms with Crippen molar-refractivity contribution in [3.05, 3.63) is 95.8 Å². The molecule has 1 aliphatic rings. The molecule has 0 amide bonds. The Hall–Kier alpha value is -3.27. The lowest BCUT2D eigenvalue weighted by atomic mass is 9.87. The molecule has 0 bridgehead atoms. The van der Waals surface area contributed by atoms with Crippen molar-refractivity contribution in [3.63, 3.8) is 0 Å². The van der Waals surface area contributed by atoms with E-state index in [0.717, 1.165) is 5.56 Å². The Morgan fingerprint density at radius 1 is 1.06 bits per heavy atom. The SMILES string of the molecule is NC(Cc1cccc(S(=O)(=O)N2CC(Oc3cccc(F)c3)(c3ccccc3)C2)c1)C(=O)O. The lowest BCUT2D eigenvalue weighted by Crippen LogP contribution is -2.64. The number of aliphatic carboxylic acids is 1. The summed E-state index contributed by atoms with van der Waals surface area (Å²) in [5.41, 5.74) is 5.91. The molecule has 0 saturated carbocycles. The monoisotopic (exact) mass is 470 g/mol. The molecule has 3 aromatic rings. The van der Waals surface area contributed by atoms with Crippen molar-refractivity contribution in [1.29, 1.82) is 0 Å². The van der Waals surface area contributed by atoms with Crippen LogP contribution in [0.15, 0.2) is 83.8 Å². The van der Waals surface area contributed by atoms with E-state index >= 15 is 0 Å². The highest BCUT2D eigenvalue weighted by Gasteiger charge is 2.52. The van der Waals surface area contributed by atoms with E-state index in [9.17, 15) is 17.6 Å². The number of sulfonamides is 1. The Kier molecular flexibility index (Phi) is 6.20. The van der Waals surface area contributed by atoms with Gasteiger partial charge in [0.15, 0.2) is 5.60 Å². The van der Waals surface area contributed by atoms with Crippen LogP contribution in [0.3, 0.4) is 0 Å². The van der Waals surface area contributed by atoms with Crippen molar-refractivity contribution in [2.45, 2.75) is 23.0 Å². The topological polar surface area (TPSA) is 110 Å². The van der Waals surface area contributed by atoms with Crippen molar-refractivity contribution in [2.75, 3.05) is 13.1 Å². The van der Waals surface area contributed by atoms with Crippen LogP contribution in [0.1, 0.15) is 11.1 Å². The summed E-state index contributed by atoms with van der Waals surface area (Å²) in [5.74, 6) is -1.30. The minimum atomic E-state index is -3.87. The van der Waals surface area contributed by atoms with Crippen LogP contribution in [-0.4, -0.2) is 42.9 Å². The summed E-state index contributed by atoms with van der Waals surface area (Å²) in [5, 5.41) is 9.02. The molecule has 1 heterocycles. The summed E-state index contributed by atoms with van der Waals surface area (Å²) in [6, 6.07) is 19.9. The zero-order valence-electron chi connectivity index (χ0n) is 17.6. The van der Waals surface area contributed by atoms with Gasteiger partial charge in [-0.1, -0.05) is 48.5 Å². The van der Waals surface area contributed by atoms with Crippen LogP contribution < -0.4 is 10.5 Å². The van der Waals surface area contributed by atoms with Gasteiger partial charge in [0.05, 0.1) is 18.0 Å². The first-order valence-electron chi connectivity index (χ1n) is 10.3. The zero-order valence-corrected chi connectivity index (χ0v) is 18.4. The van der Waals surface area contributed by atoms with E-state index in [-0.39, 0.29) is 24.4 Å². The maximum atomic E-state index is 13.7. The predicted molar refractivity (Wildman–Crippen MR) is 120 cm³/mol. The van der Waals surface area contributed by atoms with Gasteiger partial charge in [-0.2, -0.15) is 4.31 Å². The molecule has 4 rings (SSSR count). The van der Waals surface area contributed by atoms with Crippen LogP contribution in [0.25, 0.3) is 0 Å². The summed E-state index contributed by atoms with van der Waals surface area (Å²) in [6.07, 6.45) is 0.00925. The normalized spacial score (nSPS) is 16.5. The van der Waals surface area contributed by atoms with Crippen LogP contribution in [0, 0.1) is 5.82 Å². The highest BCUT2D eigenvalue weighted by atomic mass is 32.2. The second-order valence-electron chi connectivity index (χ2n) is 7.99. The average Bonchev–Trinajstić information content (AvgIpc) is 2.76. The molecule has 172 valence electrons. The second kappa shape index (κ2) is 8.93. The summed E-state index contributed by atoms with van der Waals surface area (Å²) in [4.78, 5) is 11.1. The van der Waals surface area contributed by atoms with Crippen molar-refractivity contribution < 1.29 is 27.4 Å². The van der Waals surface area contributed by atoms with Crippen LogP contribution in [0.2, 0.25) is 0 Å². The van der Waals surface area contributed by atoms with Gasteiger partial charge in [0.1, 0.15) is 17.6 Å². The lowest BCUT2D eigenvalue weighted by Gasteiger charge is -2.48. The van der Waals surface area contributed by atoms with E-state index < -0.39 is 33.5 Å². The smallest absolute Gasteiger partial charge is 0.320 e. The maximum absolute atomic E-state index is 13.7. The molecule has 3 aromatic carbocycles. The fourth-order valence-corrected chi connectivity index (χ4v) is 5.43. The summed E-state index contributed by atoms with van der Waals surface area (Å²) < 4.78 is 47.7. The molecule has 0 spiro atoms. The molecule has 33 heavy (non-hydrogen) atoms. The molecule has 0 aliphatic carbocycles. The third-order valence-electron chi connectivity index (χ3n) is 5.58. The van der Waals surface area contributed by atoms with E-state index in [1.807, 2.05) is 30.3 Å². The van der Waals surface area contributed by atoms with Gasteiger partial charge in [0, 0.05) is 6.07 Å². The van der Waals surface area contributed by atoms with Gasteiger partial charge >= 0.3 is 5.97 Å². The molecule has 3 N–H and O–H groups in total. The van der Waals surface area contributed by atoms with Gasteiger partial charge in [-0.25, -0.2) is 12.8 Å². The van der Waals surface area contributed by atoms with Crippen molar-refractivity contribution in [3.8, 4) is 5.75 Å². The lowest BCUT2D eigenvalue weighted by molar-refractivity contribution is -0.138. The van der Waals surface area contributed by atoms with Crippen LogP contribution in [0.5, 0.6) is 5.75 Å². The van der Waals surface area contributed by atoms with Crippen molar-refractivity contribution >= 4 is 16.0 Å². The van der Waals surface area contributed by atoms with Gasteiger partial charge in [-0.15, -0.1) is 0 Å². The number of ether oxygens (including phenoxy) is 1. The van der Waals surface area contributed by atoms with Gasteiger partial charge in [0.2, 0.25) is 10.0 Å². The highest BCUT2D eigenvalue weighted by molar-refractivity contribution is 7.89. The first kappa shape index (κ1) is 22.9. The molecule has 1 aliphatic heterocycles. The third kappa shape index (κ3) is 4.75. The number of hydrogen-bond donors (Lipinski definition) is 2. The van der Waals surface area contributed by atoms with E-state index in [0.29, 0.717) is 11.3 Å². The van der Waals surface area contributed by atoms with Crippen molar-refractivity contribution in [1.82, 2.24) is 4.31 Å². The molecular formula is C24H23FN2O5S. The molecule has 7 nitrogen and oxygen atoms in total. The maximum Gasteiger partial charge on any atom is 0.320 e. The molecule has 9 heteroatoms. The van der Waals surface area contributed by atoms with Gasteiger partial charge in [-0.3, -0.25) is 4.79 Å². The molecule has 1 atom stereocenters. The van der Waals surface area contributed by atoms with Gasteiger partial charge in [-0.05, 0) is 41.8 Å². The third-order valence-corrected chi connectivity index (χ3v) is 7.37. The minimum absolute atomic E-state index is 0.00925.